The number of halogens is 3. The van der Waals surface area contributed by atoms with E-state index in [4.69, 9.17) is 9.47 Å². The van der Waals surface area contributed by atoms with Crippen LogP contribution >= 0.6 is 0 Å². The maximum atomic E-state index is 14.4. The van der Waals surface area contributed by atoms with E-state index in [2.05, 4.69) is 5.32 Å². The molecule has 9 nitrogen and oxygen atoms in total. The lowest BCUT2D eigenvalue weighted by molar-refractivity contribution is -0.140. The van der Waals surface area contributed by atoms with Gasteiger partial charge in [-0.1, -0.05) is 18.2 Å². The second-order valence-corrected chi connectivity index (χ2v) is 10.0. The van der Waals surface area contributed by atoms with Crippen molar-refractivity contribution in [3.63, 3.8) is 0 Å². The highest BCUT2D eigenvalue weighted by Crippen LogP contribution is 2.26. The van der Waals surface area contributed by atoms with Crippen LogP contribution in [0.15, 0.2) is 36.4 Å². The van der Waals surface area contributed by atoms with Crippen molar-refractivity contribution in [2.45, 2.75) is 51.8 Å². The van der Waals surface area contributed by atoms with Crippen molar-refractivity contribution in [1.29, 1.82) is 0 Å². The summed E-state index contributed by atoms with van der Waals surface area (Å²) in [5.41, 5.74) is -0.112. The lowest BCUT2D eigenvalue weighted by Gasteiger charge is -2.26. The molecule has 1 aliphatic heterocycles. The van der Waals surface area contributed by atoms with Gasteiger partial charge < -0.3 is 19.7 Å². The highest BCUT2D eigenvalue weighted by Gasteiger charge is 2.32. The molecule has 2 aromatic rings. The van der Waals surface area contributed by atoms with Gasteiger partial charge >= 0.3 is 12.1 Å². The van der Waals surface area contributed by atoms with Gasteiger partial charge in [-0.3, -0.25) is 19.3 Å². The van der Waals surface area contributed by atoms with Crippen LogP contribution in [0.4, 0.5) is 23.7 Å². The zero-order valence-electron chi connectivity index (χ0n) is 22.1. The molecule has 39 heavy (non-hydrogen) atoms. The second-order valence-electron chi connectivity index (χ2n) is 10.0. The van der Waals surface area contributed by atoms with Gasteiger partial charge in [0.2, 0.25) is 11.8 Å². The van der Waals surface area contributed by atoms with Gasteiger partial charge in [-0.2, -0.15) is 0 Å². The molecule has 0 fully saturated rings. The highest BCUT2D eigenvalue weighted by atomic mass is 19.2. The van der Waals surface area contributed by atoms with Gasteiger partial charge in [0, 0.05) is 30.8 Å². The number of nitrogens with zero attached hydrogens (tertiary/aromatic N) is 2. The first-order chi connectivity index (χ1) is 18.3. The third kappa shape index (κ3) is 7.95. The Morgan fingerprint density at radius 3 is 2.36 bits per heavy atom. The first-order valence-electron chi connectivity index (χ1n) is 12.1. The Labute approximate surface area is 223 Å². The fraction of sp³-hybridized carbons (Fsp3) is 0.407. The standard InChI is InChI=1S/C27H30F3N3O6/c1-27(2,3)39-26(37)31-18(9-17-10-20(29)21(30)12-19(17)28)11-23(34)32-13-16-7-5-6-8-22(16)33(24(35)14-32)15-25(36)38-4/h5-8,10,12,18H,9,11,13-15H2,1-4H3,(H,31,37). The lowest BCUT2D eigenvalue weighted by Crippen LogP contribution is -2.46. The SMILES string of the molecule is COC(=O)CN1C(=O)CN(C(=O)CC(Cc2cc(F)c(F)cc2F)NC(=O)OC(C)(C)C)Cc2ccccc21. The third-order valence-corrected chi connectivity index (χ3v) is 5.84. The molecular weight excluding hydrogens is 519 g/mol. The van der Waals surface area contributed by atoms with Gasteiger partial charge in [0.1, 0.15) is 24.5 Å². The smallest absolute Gasteiger partial charge is 0.407 e. The number of esters is 1. The molecule has 0 aliphatic carbocycles. The Bertz CT molecular complexity index is 1260. The number of alkyl carbamates (subject to hydrolysis) is 1. The van der Waals surface area contributed by atoms with E-state index in [9.17, 15) is 32.3 Å². The third-order valence-electron chi connectivity index (χ3n) is 5.84. The Morgan fingerprint density at radius 1 is 1.03 bits per heavy atom. The number of nitrogens with one attached hydrogen (secondary N) is 1. The predicted molar refractivity (Wildman–Crippen MR) is 134 cm³/mol. The molecule has 0 spiro atoms. The number of ether oxygens (including phenoxy) is 2. The molecule has 0 radical (unpaired) electrons. The molecule has 0 bridgehead atoms. The molecule has 1 unspecified atom stereocenters. The van der Waals surface area contributed by atoms with Crippen LogP contribution < -0.4 is 10.2 Å². The summed E-state index contributed by atoms with van der Waals surface area (Å²) < 4.78 is 51.6. The molecule has 12 heteroatoms. The largest absolute Gasteiger partial charge is 0.468 e. The van der Waals surface area contributed by atoms with Crippen LogP contribution in [0, 0.1) is 17.5 Å². The van der Waals surface area contributed by atoms with Crippen LogP contribution in [0.2, 0.25) is 0 Å². The van der Waals surface area contributed by atoms with Gasteiger partial charge in [-0.25, -0.2) is 18.0 Å². The van der Waals surface area contributed by atoms with Crippen LogP contribution in [0.3, 0.4) is 0 Å². The van der Waals surface area contributed by atoms with Gasteiger partial charge in [0.05, 0.1) is 7.11 Å². The number of hydrogen-bond donors (Lipinski definition) is 1. The minimum atomic E-state index is -1.37. The second kappa shape index (κ2) is 12.2. The topological polar surface area (TPSA) is 105 Å². The van der Waals surface area contributed by atoms with Crippen LogP contribution in [0.5, 0.6) is 0 Å². The number of fused-ring (bicyclic) bond motifs is 1. The summed E-state index contributed by atoms with van der Waals surface area (Å²) in [5, 5.41) is 2.49. The Morgan fingerprint density at radius 2 is 1.69 bits per heavy atom. The molecule has 1 heterocycles. The molecule has 2 aromatic carbocycles. The maximum absolute atomic E-state index is 14.4. The number of carbonyl (C=O) groups is 4. The van der Waals surface area contributed by atoms with E-state index in [0.717, 1.165) is 0 Å². The lowest BCUT2D eigenvalue weighted by atomic mass is 10.0. The molecule has 3 rings (SSSR count). The molecule has 1 atom stereocenters. The number of methoxy groups -OCH3 is 1. The predicted octanol–water partition coefficient (Wildman–Crippen LogP) is 3.48. The van der Waals surface area contributed by atoms with Crippen molar-refractivity contribution < 1.29 is 41.8 Å². The minimum Gasteiger partial charge on any atom is -0.468 e. The molecule has 3 amide bonds. The van der Waals surface area contributed by atoms with Crippen molar-refractivity contribution >= 4 is 29.6 Å². The molecule has 1 N–H and O–H groups in total. The highest BCUT2D eigenvalue weighted by molar-refractivity contribution is 6.01. The normalized spacial score (nSPS) is 14.3. The summed E-state index contributed by atoms with van der Waals surface area (Å²) in [6.45, 7) is 4.15. The number of rotatable bonds is 7. The number of para-hydroxylation sites is 1. The number of benzene rings is 2. The average Bonchev–Trinajstić information content (AvgIpc) is 2.97. The van der Waals surface area contributed by atoms with Crippen molar-refractivity contribution in [3.05, 3.63) is 65.0 Å². The Hall–Kier alpha value is -4.09. The van der Waals surface area contributed by atoms with E-state index in [-0.39, 0.29) is 31.6 Å². The van der Waals surface area contributed by atoms with E-state index < -0.39 is 59.4 Å². The summed E-state index contributed by atoms with van der Waals surface area (Å²) in [7, 11) is 1.19. The molecule has 0 saturated heterocycles. The Kier molecular flexibility index (Phi) is 9.20. The van der Waals surface area contributed by atoms with Gasteiger partial charge in [-0.05, 0) is 50.5 Å². The average molecular weight is 550 g/mol. The molecular formula is C27H30F3N3O6. The van der Waals surface area contributed by atoms with Crippen molar-refractivity contribution in [2.75, 3.05) is 25.1 Å². The monoisotopic (exact) mass is 549 g/mol. The number of amides is 3. The van der Waals surface area contributed by atoms with Crippen molar-refractivity contribution in [1.82, 2.24) is 10.2 Å². The van der Waals surface area contributed by atoms with E-state index in [1.54, 1.807) is 45.0 Å². The van der Waals surface area contributed by atoms with E-state index in [1.807, 2.05) is 0 Å². The fourth-order valence-electron chi connectivity index (χ4n) is 4.07. The van der Waals surface area contributed by atoms with Crippen LogP contribution in [-0.2, 0) is 36.8 Å². The fourth-order valence-corrected chi connectivity index (χ4v) is 4.07. The Balaban J connectivity index is 1.86. The van der Waals surface area contributed by atoms with Gasteiger partial charge in [0.15, 0.2) is 11.6 Å². The summed E-state index contributed by atoms with van der Waals surface area (Å²) in [4.78, 5) is 53.4. The summed E-state index contributed by atoms with van der Waals surface area (Å²) in [6, 6.07) is 6.70. The van der Waals surface area contributed by atoms with E-state index in [0.29, 0.717) is 23.4 Å². The van der Waals surface area contributed by atoms with Crippen LogP contribution in [0.1, 0.15) is 38.3 Å². The maximum Gasteiger partial charge on any atom is 0.407 e. The molecule has 1 aliphatic rings. The van der Waals surface area contributed by atoms with Gasteiger partial charge in [0.25, 0.3) is 0 Å². The first kappa shape index (κ1) is 29.5. The first-order valence-corrected chi connectivity index (χ1v) is 12.1. The van der Waals surface area contributed by atoms with Crippen LogP contribution in [-0.4, -0.2) is 60.6 Å². The van der Waals surface area contributed by atoms with E-state index >= 15 is 0 Å². The van der Waals surface area contributed by atoms with Crippen molar-refractivity contribution in [3.8, 4) is 0 Å². The molecule has 0 aromatic heterocycles. The zero-order chi connectivity index (χ0) is 28.9. The minimum absolute atomic E-state index is 0.0110. The van der Waals surface area contributed by atoms with E-state index in [1.165, 1.54) is 16.9 Å². The zero-order valence-corrected chi connectivity index (χ0v) is 22.1. The number of anilines is 1. The number of hydrogen-bond acceptors (Lipinski definition) is 6. The summed E-state index contributed by atoms with van der Waals surface area (Å²) >= 11 is 0. The van der Waals surface area contributed by atoms with Crippen molar-refractivity contribution in [2.24, 2.45) is 0 Å². The van der Waals surface area contributed by atoms with Gasteiger partial charge in [-0.15, -0.1) is 0 Å². The summed E-state index contributed by atoms with van der Waals surface area (Å²) in [5.74, 6) is -5.47. The van der Waals surface area contributed by atoms with Crippen LogP contribution in [0.25, 0.3) is 0 Å². The molecule has 0 saturated carbocycles. The quantitative estimate of drug-likeness (QED) is 0.419. The summed E-state index contributed by atoms with van der Waals surface area (Å²) in [6.07, 6.45) is -1.67. The number of carbonyl (C=O) groups excluding carboxylic acids is 4. The molecule has 210 valence electrons.